The van der Waals surface area contributed by atoms with Crippen LogP contribution in [-0.2, 0) is 18.4 Å². The number of benzene rings is 1. The molecule has 0 aliphatic heterocycles. The quantitative estimate of drug-likeness (QED) is 0.841. The van der Waals surface area contributed by atoms with E-state index in [1.165, 1.54) is 17.7 Å². The van der Waals surface area contributed by atoms with Crippen LogP contribution in [0.1, 0.15) is 5.56 Å². The summed E-state index contributed by atoms with van der Waals surface area (Å²) in [6, 6.07) is 10.5. The molecule has 0 aliphatic carbocycles. The number of anilines is 1. The van der Waals surface area contributed by atoms with E-state index in [1.54, 1.807) is 0 Å². The maximum Gasteiger partial charge on any atom is 0.332 e. The average Bonchev–Trinajstić information content (AvgIpc) is 2.50. The topological polar surface area (TPSA) is 73.1 Å². The number of amides is 1. The Balaban J connectivity index is 2.53. The van der Waals surface area contributed by atoms with Crippen LogP contribution in [0.15, 0.2) is 58.6 Å². The maximum absolute atomic E-state index is 12.2. The van der Waals surface area contributed by atoms with E-state index in [-0.39, 0.29) is 12.4 Å². The number of rotatable bonds is 4. The summed E-state index contributed by atoms with van der Waals surface area (Å²) >= 11 is 0. The molecule has 0 atom stereocenters. The molecule has 0 unspecified atom stereocenters. The van der Waals surface area contributed by atoms with E-state index < -0.39 is 17.2 Å². The number of nitrogens with zero attached hydrogens (tertiary/aromatic N) is 2. The second-order valence-electron chi connectivity index (χ2n) is 4.47. The summed E-state index contributed by atoms with van der Waals surface area (Å²) in [7, 11) is 1.39. The minimum Gasteiger partial charge on any atom is -0.308 e. The standard InChI is InChI=1S/C15H15N3O3/c1-3-13(19)16-12-9-14(20)17(2)15(21)18(12)10-11-7-5-4-6-8-11/h3-9H,1,10H2,2H3,(H,16,19). The van der Waals surface area contributed by atoms with E-state index in [4.69, 9.17) is 0 Å². The summed E-state index contributed by atoms with van der Waals surface area (Å²) in [6.07, 6.45) is 1.08. The lowest BCUT2D eigenvalue weighted by atomic mass is 10.2. The van der Waals surface area contributed by atoms with Gasteiger partial charge in [-0.15, -0.1) is 0 Å². The van der Waals surface area contributed by atoms with Crippen LogP contribution < -0.4 is 16.6 Å². The van der Waals surface area contributed by atoms with E-state index in [2.05, 4.69) is 11.9 Å². The van der Waals surface area contributed by atoms with Gasteiger partial charge in [-0.3, -0.25) is 18.7 Å². The molecule has 1 aromatic heterocycles. The van der Waals surface area contributed by atoms with E-state index in [0.29, 0.717) is 0 Å². The molecule has 0 spiro atoms. The molecule has 6 heteroatoms. The van der Waals surface area contributed by atoms with Crippen LogP contribution in [0.3, 0.4) is 0 Å². The van der Waals surface area contributed by atoms with Gasteiger partial charge >= 0.3 is 5.69 Å². The van der Waals surface area contributed by atoms with Crippen molar-refractivity contribution in [1.82, 2.24) is 9.13 Å². The van der Waals surface area contributed by atoms with E-state index in [0.717, 1.165) is 16.2 Å². The van der Waals surface area contributed by atoms with Gasteiger partial charge in [0.25, 0.3) is 5.56 Å². The Bertz CT molecular complexity index is 788. The molecule has 0 aliphatic rings. The van der Waals surface area contributed by atoms with Gasteiger partial charge < -0.3 is 5.32 Å². The Morgan fingerprint density at radius 1 is 1.29 bits per heavy atom. The monoisotopic (exact) mass is 285 g/mol. The molecule has 108 valence electrons. The fourth-order valence-corrected chi connectivity index (χ4v) is 1.87. The number of nitrogens with one attached hydrogen (secondary N) is 1. The van der Waals surface area contributed by atoms with Gasteiger partial charge in [0.15, 0.2) is 0 Å². The molecule has 0 saturated carbocycles. The summed E-state index contributed by atoms with van der Waals surface area (Å²) in [5.74, 6) is -0.332. The van der Waals surface area contributed by atoms with Gasteiger partial charge in [-0.1, -0.05) is 36.9 Å². The van der Waals surface area contributed by atoms with Crippen molar-refractivity contribution in [2.45, 2.75) is 6.54 Å². The molecule has 2 aromatic rings. The molecule has 6 nitrogen and oxygen atoms in total. The SMILES string of the molecule is C=CC(=O)Nc1cc(=O)n(C)c(=O)n1Cc1ccccc1. The first-order valence-corrected chi connectivity index (χ1v) is 6.31. The predicted octanol–water partition coefficient (Wildman–Crippen LogP) is 0.720. The molecule has 1 amide bonds. The Kier molecular flexibility index (Phi) is 4.18. The van der Waals surface area contributed by atoms with Gasteiger partial charge in [0.05, 0.1) is 6.54 Å². The van der Waals surface area contributed by atoms with E-state index in [9.17, 15) is 14.4 Å². The van der Waals surface area contributed by atoms with Crippen LogP contribution in [0.4, 0.5) is 5.82 Å². The number of carbonyl (C=O) groups is 1. The number of hydrogen-bond acceptors (Lipinski definition) is 3. The van der Waals surface area contributed by atoms with Gasteiger partial charge in [0, 0.05) is 13.1 Å². The Morgan fingerprint density at radius 2 is 1.95 bits per heavy atom. The molecule has 21 heavy (non-hydrogen) atoms. The normalized spacial score (nSPS) is 10.1. The highest BCUT2D eigenvalue weighted by molar-refractivity contribution is 5.98. The van der Waals surface area contributed by atoms with Crippen LogP contribution in [0.25, 0.3) is 0 Å². The zero-order valence-electron chi connectivity index (χ0n) is 11.6. The Hall–Kier alpha value is -2.89. The fraction of sp³-hybridized carbons (Fsp3) is 0.133. The van der Waals surface area contributed by atoms with Crippen LogP contribution in [0, 0.1) is 0 Å². The summed E-state index contributed by atoms with van der Waals surface area (Å²) in [4.78, 5) is 35.4. The molecule has 0 radical (unpaired) electrons. The lowest BCUT2D eigenvalue weighted by Gasteiger charge is -2.14. The van der Waals surface area contributed by atoms with Crippen molar-refractivity contribution in [2.24, 2.45) is 7.05 Å². The van der Waals surface area contributed by atoms with Crippen LogP contribution >= 0.6 is 0 Å². The largest absolute Gasteiger partial charge is 0.332 e. The highest BCUT2D eigenvalue weighted by Gasteiger charge is 2.11. The first-order valence-electron chi connectivity index (χ1n) is 6.31. The first kappa shape index (κ1) is 14.5. The van der Waals surface area contributed by atoms with Gasteiger partial charge in [0.2, 0.25) is 5.91 Å². The minimum atomic E-state index is -0.495. The van der Waals surface area contributed by atoms with Crippen molar-refractivity contribution in [3.8, 4) is 0 Å². The first-order chi connectivity index (χ1) is 10.0. The number of carbonyl (C=O) groups excluding carboxylic acids is 1. The summed E-state index contributed by atoms with van der Waals surface area (Å²) in [5, 5.41) is 2.48. The summed E-state index contributed by atoms with van der Waals surface area (Å²) in [5.41, 5.74) is -0.0956. The maximum atomic E-state index is 12.2. The van der Waals surface area contributed by atoms with Crippen LogP contribution in [-0.4, -0.2) is 15.0 Å². The molecule has 1 heterocycles. The molecule has 0 fully saturated rings. The van der Waals surface area contributed by atoms with Crippen molar-refractivity contribution in [1.29, 1.82) is 0 Å². The third-order valence-electron chi connectivity index (χ3n) is 3.02. The third-order valence-corrected chi connectivity index (χ3v) is 3.02. The highest BCUT2D eigenvalue weighted by Crippen LogP contribution is 2.06. The zero-order valence-corrected chi connectivity index (χ0v) is 11.6. The summed E-state index contributed by atoms with van der Waals surface area (Å²) in [6.45, 7) is 3.60. The van der Waals surface area contributed by atoms with E-state index >= 15 is 0 Å². The molecular weight excluding hydrogens is 270 g/mol. The number of aromatic nitrogens is 2. The fourth-order valence-electron chi connectivity index (χ4n) is 1.87. The van der Waals surface area contributed by atoms with Crippen molar-refractivity contribution in [3.63, 3.8) is 0 Å². The molecule has 1 aromatic carbocycles. The lowest BCUT2D eigenvalue weighted by molar-refractivity contribution is -0.111. The smallest absolute Gasteiger partial charge is 0.308 e. The van der Waals surface area contributed by atoms with Crippen LogP contribution in [0.2, 0.25) is 0 Å². The van der Waals surface area contributed by atoms with Crippen molar-refractivity contribution in [3.05, 3.63) is 75.5 Å². The van der Waals surface area contributed by atoms with Gasteiger partial charge in [-0.25, -0.2) is 4.79 Å². The van der Waals surface area contributed by atoms with Crippen molar-refractivity contribution in [2.75, 3.05) is 5.32 Å². The van der Waals surface area contributed by atoms with Gasteiger partial charge in [0.1, 0.15) is 5.82 Å². The number of hydrogen-bond donors (Lipinski definition) is 1. The molecule has 0 saturated heterocycles. The third kappa shape index (κ3) is 3.17. The second kappa shape index (κ2) is 6.04. The molecule has 2 rings (SSSR count). The highest BCUT2D eigenvalue weighted by atomic mass is 16.2. The van der Waals surface area contributed by atoms with E-state index in [1.807, 2.05) is 30.3 Å². The second-order valence-corrected chi connectivity index (χ2v) is 4.47. The van der Waals surface area contributed by atoms with Crippen LogP contribution in [0.5, 0.6) is 0 Å². The minimum absolute atomic E-state index is 0.150. The van der Waals surface area contributed by atoms with Gasteiger partial charge in [-0.2, -0.15) is 0 Å². The Labute approximate surface area is 121 Å². The van der Waals surface area contributed by atoms with Gasteiger partial charge in [-0.05, 0) is 11.6 Å². The van der Waals surface area contributed by atoms with Crippen molar-refractivity contribution >= 4 is 11.7 Å². The molecular formula is C15H15N3O3. The van der Waals surface area contributed by atoms with Crippen molar-refractivity contribution < 1.29 is 4.79 Å². The average molecular weight is 285 g/mol. The predicted molar refractivity (Wildman–Crippen MR) is 80.3 cm³/mol. The summed E-state index contributed by atoms with van der Waals surface area (Å²) < 4.78 is 2.32. The Morgan fingerprint density at radius 3 is 2.57 bits per heavy atom. The molecule has 0 bridgehead atoms. The lowest BCUT2D eigenvalue weighted by Crippen LogP contribution is -2.39. The molecule has 1 N–H and O–H groups in total. The zero-order chi connectivity index (χ0) is 15.4.